The molecule has 0 aliphatic rings. The first-order valence-electron chi connectivity index (χ1n) is 12.0. The number of ether oxygens (including phenoxy) is 2. The molecule has 0 saturated carbocycles. The van der Waals surface area contributed by atoms with Crippen LogP contribution >= 0.6 is 11.3 Å². The van der Waals surface area contributed by atoms with E-state index in [1.165, 1.54) is 19.4 Å². The van der Waals surface area contributed by atoms with Crippen molar-refractivity contribution in [2.75, 3.05) is 7.11 Å². The minimum atomic E-state index is -4.80. The second-order valence-electron chi connectivity index (χ2n) is 9.53. The van der Waals surface area contributed by atoms with Gasteiger partial charge in [-0.05, 0) is 33.8 Å². The molecule has 0 aliphatic heterocycles. The maximum absolute atomic E-state index is 13.5. The van der Waals surface area contributed by atoms with Crippen LogP contribution in [0.3, 0.4) is 0 Å². The van der Waals surface area contributed by atoms with Crippen molar-refractivity contribution in [1.82, 2.24) is 30.7 Å². The second kappa shape index (κ2) is 12.4. The van der Waals surface area contributed by atoms with Gasteiger partial charge >= 0.3 is 12.3 Å². The Morgan fingerprint density at radius 2 is 1.80 bits per heavy atom. The molecule has 40 heavy (non-hydrogen) atoms. The number of methoxy groups -OCH3 is 1. The highest BCUT2D eigenvalue weighted by atomic mass is 32.1. The Balaban J connectivity index is 1.72. The van der Waals surface area contributed by atoms with Gasteiger partial charge in [0.05, 0.1) is 19.3 Å². The average Bonchev–Trinajstić information content (AvgIpc) is 3.52. The summed E-state index contributed by atoms with van der Waals surface area (Å²) in [7, 11) is 1.46. The molecule has 1 unspecified atom stereocenters. The standard InChI is InChI=1S/C25H29F3N6O5S/c1-14(31-23(37)39-24(2,3)4)20(35)30-12-16-13-40-22(32-16)34-17(10-19(33-34)25(26,27)28)21(36)29-11-15-8-6-7-9-18(15)38-5/h6-10,13-14H,11-12H2,1-5H3,(H,29,36)(H,30,35)(H,31,37). The molecule has 2 aromatic heterocycles. The SMILES string of the molecule is COc1ccccc1CNC(=O)c1cc(C(F)(F)F)nn1-c1nc(CNC(=O)C(C)NC(=O)OC(C)(C)C)cs1. The van der Waals surface area contributed by atoms with E-state index in [0.29, 0.717) is 23.1 Å². The Hall–Kier alpha value is -4.14. The number of carbonyl (C=O) groups excluding carboxylic acids is 3. The molecule has 3 aromatic rings. The third-order valence-corrected chi connectivity index (χ3v) is 6.02. The van der Waals surface area contributed by atoms with Crippen molar-refractivity contribution in [2.45, 2.75) is 58.6 Å². The molecule has 15 heteroatoms. The molecule has 216 valence electrons. The van der Waals surface area contributed by atoms with Crippen LogP contribution in [0.25, 0.3) is 5.13 Å². The summed E-state index contributed by atoms with van der Waals surface area (Å²) < 4.78 is 51.5. The molecule has 0 spiro atoms. The lowest BCUT2D eigenvalue weighted by atomic mass is 10.2. The van der Waals surface area contributed by atoms with Crippen LogP contribution < -0.4 is 20.7 Å². The fourth-order valence-corrected chi connectivity index (χ4v) is 4.08. The maximum Gasteiger partial charge on any atom is 0.435 e. The van der Waals surface area contributed by atoms with Crippen LogP contribution in [-0.4, -0.2) is 51.4 Å². The number of aromatic nitrogens is 3. The zero-order valence-electron chi connectivity index (χ0n) is 22.4. The molecule has 0 saturated heterocycles. The van der Waals surface area contributed by atoms with Gasteiger partial charge in [-0.2, -0.15) is 23.0 Å². The predicted molar refractivity (Wildman–Crippen MR) is 139 cm³/mol. The number of rotatable bonds is 9. The van der Waals surface area contributed by atoms with Crippen molar-refractivity contribution in [2.24, 2.45) is 0 Å². The van der Waals surface area contributed by atoms with Gasteiger partial charge in [-0.3, -0.25) is 9.59 Å². The highest BCUT2D eigenvalue weighted by Gasteiger charge is 2.36. The number of alkyl carbamates (subject to hydrolysis) is 1. The van der Waals surface area contributed by atoms with Gasteiger partial charge in [0.2, 0.25) is 11.0 Å². The van der Waals surface area contributed by atoms with E-state index >= 15 is 0 Å². The van der Waals surface area contributed by atoms with Gasteiger partial charge in [-0.1, -0.05) is 18.2 Å². The molecule has 3 rings (SSSR count). The largest absolute Gasteiger partial charge is 0.496 e. The van der Waals surface area contributed by atoms with E-state index in [-0.39, 0.29) is 23.9 Å². The second-order valence-corrected chi connectivity index (χ2v) is 10.4. The minimum Gasteiger partial charge on any atom is -0.496 e. The van der Waals surface area contributed by atoms with Gasteiger partial charge in [0.25, 0.3) is 5.91 Å². The highest BCUT2D eigenvalue weighted by Crippen LogP contribution is 2.30. The zero-order chi connectivity index (χ0) is 29.7. The van der Waals surface area contributed by atoms with Crippen molar-refractivity contribution in [3.05, 3.63) is 58.4 Å². The summed E-state index contributed by atoms with van der Waals surface area (Å²) in [6.45, 7) is 6.43. The van der Waals surface area contributed by atoms with Crippen LogP contribution in [-0.2, 0) is 28.8 Å². The van der Waals surface area contributed by atoms with E-state index in [1.807, 2.05) is 0 Å². The lowest BCUT2D eigenvalue weighted by molar-refractivity contribution is -0.141. The van der Waals surface area contributed by atoms with Gasteiger partial charge in [-0.25, -0.2) is 9.78 Å². The summed E-state index contributed by atoms with van der Waals surface area (Å²) in [6, 6.07) is 6.60. The van der Waals surface area contributed by atoms with Crippen LogP contribution in [0, 0.1) is 0 Å². The first kappa shape index (κ1) is 30.4. The smallest absolute Gasteiger partial charge is 0.435 e. The van der Waals surface area contributed by atoms with Crippen molar-refractivity contribution in [3.8, 4) is 10.9 Å². The highest BCUT2D eigenvalue weighted by molar-refractivity contribution is 7.12. The first-order chi connectivity index (χ1) is 18.7. The number of benzene rings is 1. The van der Waals surface area contributed by atoms with Crippen LogP contribution in [0.15, 0.2) is 35.7 Å². The molecule has 1 aromatic carbocycles. The molecule has 0 radical (unpaired) electrons. The third-order valence-electron chi connectivity index (χ3n) is 5.16. The summed E-state index contributed by atoms with van der Waals surface area (Å²) in [6.07, 6.45) is -5.56. The Kier molecular flexibility index (Phi) is 9.40. The number of halogens is 3. The number of amides is 3. The molecular weight excluding hydrogens is 553 g/mol. The number of nitrogens with zero attached hydrogens (tertiary/aromatic N) is 3. The fraction of sp³-hybridized carbons (Fsp3) is 0.400. The van der Waals surface area contributed by atoms with Crippen LogP contribution in [0.5, 0.6) is 5.75 Å². The van der Waals surface area contributed by atoms with Crippen LogP contribution in [0.4, 0.5) is 18.0 Å². The van der Waals surface area contributed by atoms with Crippen molar-refractivity contribution in [3.63, 3.8) is 0 Å². The zero-order valence-corrected chi connectivity index (χ0v) is 23.2. The Labute approximate surface area is 232 Å². The molecule has 11 nitrogen and oxygen atoms in total. The molecule has 2 heterocycles. The van der Waals surface area contributed by atoms with Crippen LogP contribution in [0.1, 0.15) is 55.1 Å². The summed E-state index contributed by atoms with van der Waals surface area (Å²) in [5, 5.41) is 12.6. The number of alkyl halides is 3. The van der Waals surface area contributed by atoms with E-state index in [9.17, 15) is 27.6 Å². The van der Waals surface area contributed by atoms with E-state index < -0.39 is 41.4 Å². The summed E-state index contributed by atoms with van der Waals surface area (Å²) in [5.41, 5.74) is -1.44. The predicted octanol–water partition coefficient (Wildman–Crippen LogP) is 3.82. The van der Waals surface area contributed by atoms with Crippen molar-refractivity contribution >= 4 is 29.2 Å². The summed E-state index contributed by atoms with van der Waals surface area (Å²) in [4.78, 5) is 41.4. The van der Waals surface area contributed by atoms with E-state index in [2.05, 4.69) is 26.0 Å². The van der Waals surface area contributed by atoms with Crippen molar-refractivity contribution < 1.29 is 37.0 Å². The maximum atomic E-state index is 13.5. The molecule has 3 amide bonds. The monoisotopic (exact) mass is 582 g/mol. The van der Waals surface area contributed by atoms with E-state index in [0.717, 1.165) is 16.0 Å². The average molecular weight is 583 g/mol. The number of thiazole rings is 1. The Morgan fingerprint density at radius 1 is 1.10 bits per heavy atom. The molecule has 1 atom stereocenters. The lowest BCUT2D eigenvalue weighted by Gasteiger charge is -2.21. The minimum absolute atomic E-state index is 0.0000434. The van der Waals surface area contributed by atoms with Gasteiger partial charge in [-0.15, -0.1) is 11.3 Å². The number of hydrogen-bond donors (Lipinski definition) is 3. The number of para-hydroxylation sites is 1. The number of nitrogens with one attached hydrogen (secondary N) is 3. The van der Waals surface area contributed by atoms with Gasteiger partial charge in [0.1, 0.15) is 23.1 Å². The van der Waals surface area contributed by atoms with Gasteiger partial charge in [0.15, 0.2) is 5.69 Å². The summed E-state index contributed by atoms with van der Waals surface area (Å²) in [5.74, 6) is -0.828. The quantitative estimate of drug-likeness (QED) is 0.349. The van der Waals surface area contributed by atoms with Crippen LogP contribution in [0.2, 0.25) is 0 Å². The number of hydrogen-bond acceptors (Lipinski definition) is 8. The molecular formula is C25H29F3N6O5S. The fourth-order valence-electron chi connectivity index (χ4n) is 3.30. The van der Waals surface area contributed by atoms with Gasteiger partial charge in [0, 0.05) is 23.6 Å². The summed E-state index contributed by atoms with van der Waals surface area (Å²) >= 11 is 0.937. The third kappa shape index (κ3) is 8.18. The van der Waals surface area contributed by atoms with E-state index in [1.54, 1.807) is 45.0 Å². The van der Waals surface area contributed by atoms with Gasteiger partial charge < -0.3 is 25.4 Å². The van der Waals surface area contributed by atoms with E-state index in [4.69, 9.17) is 9.47 Å². The Bertz CT molecular complexity index is 1370. The molecule has 0 aliphatic carbocycles. The first-order valence-corrected chi connectivity index (χ1v) is 12.8. The van der Waals surface area contributed by atoms with Crippen molar-refractivity contribution in [1.29, 1.82) is 0 Å². The topological polar surface area (TPSA) is 136 Å². The normalized spacial score (nSPS) is 12.4. The molecule has 0 fully saturated rings. The Morgan fingerprint density at radius 3 is 2.45 bits per heavy atom. The molecule has 0 bridgehead atoms. The molecule has 3 N–H and O–H groups in total. The lowest BCUT2D eigenvalue weighted by Crippen LogP contribution is -2.46. The number of carbonyl (C=O) groups is 3.